The number of alkyl halides is 3. The van der Waals surface area contributed by atoms with Crippen LogP contribution in [-0.2, 0) is 6.18 Å². The van der Waals surface area contributed by atoms with Gasteiger partial charge in [0.05, 0.1) is 5.56 Å². The van der Waals surface area contributed by atoms with Crippen molar-refractivity contribution in [3.8, 4) is 23.5 Å². The zero-order chi connectivity index (χ0) is 14.0. The Balaban J connectivity index is 2.68. The largest absolute Gasteiger partial charge is 0.416 e. The van der Waals surface area contributed by atoms with Crippen molar-refractivity contribution in [3.05, 3.63) is 59.2 Å². The minimum atomic E-state index is -4.38. The first-order valence-electron chi connectivity index (χ1n) is 5.67. The second kappa shape index (κ2) is 4.81. The van der Waals surface area contributed by atoms with Crippen LogP contribution in [0.3, 0.4) is 0 Å². The molecular formula is C16H11F3. The number of hydrogen-bond acceptors (Lipinski definition) is 0. The fourth-order valence-electron chi connectivity index (χ4n) is 2.05. The molecule has 2 rings (SSSR count). The second-order valence-corrected chi connectivity index (χ2v) is 4.22. The highest BCUT2D eigenvalue weighted by Gasteiger charge is 2.31. The van der Waals surface area contributed by atoms with Gasteiger partial charge in [-0.15, -0.1) is 6.42 Å². The SMILES string of the molecule is C#Cc1cc(C(F)(F)F)cc(C)c1-c1ccccc1. The number of halogens is 3. The number of hydrogen-bond donors (Lipinski definition) is 0. The molecule has 3 heteroatoms. The fraction of sp³-hybridized carbons (Fsp3) is 0.125. The third-order valence-corrected chi connectivity index (χ3v) is 2.88. The number of benzene rings is 2. The smallest absolute Gasteiger partial charge is 0.166 e. The van der Waals surface area contributed by atoms with Crippen LogP contribution in [-0.4, -0.2) is 0 Å². The summed E-state index contributed by atoms with van der Waals surface area (Å²) in [4.78, 5) is 0. The number of aryl methyl sites for hydroxylation is 1. The Morgan fingerprint density at radius 3 is 2.21 bits per heavy atom. The van der Waals surface area contributed by atoms with Crippen LogP contribution in [0.4, 0.5) is 13.2 Å². The number of terminal acetylenes is 1. The summed E-state index contributed by atoms with van der Waals surface area (Å²) in [5.41, 5.74) is 1.57. The van der Waals surface area contributed by atoms with Gasteiger partial charge in [0.15, 0.2) is 0 Å². The molecule has 0 unspecified atom stereocenters. The van der Waals surface area contributed by atoms with Crippen LogP contribution in [0, 0.1) is 19.3 Å². The van der Waals surface area contributed by atoms with Crippen molar-refractivity contribution in [1.82, 2.24) is 0 Å². The lowest BCUT2D eigenvalue weighted by atomic mass is 9.93. The van der Waals surface area contributed by atoms with Crippen LogP contribution in [0.2, 0.25) is 0 Å². The zero-order valence-corrected chi connectivity index (χ0v) is 10.3. The van der Waals surface area contributed by atoms with Crippen LogP contribution in [0.25, 0.3) is 11.1 Å². The van der Waals surface area contributed by atoms with Crippen molar-refractivity contribution >= 4 is 0 Å². The van der Waals surface area contributed by atoms with Crippen molar-refractivity contribution < 1.29 is 13.2 Å². The highest BCUT2D eigenvalue weighted by Crippen LogP contribution is 2.35. The van der Waals surface area contributed by atoms with Gasteiger partial charge in [0.2, 0.25) is 0 Å². The van der Waals surface area contributed by atoms with E-state index in [-0.39, 0.29) is 5.56 Å². The molecule has 2 aromatic carbocycles. The summed E-state index contributed by atoms with van der Waals surface area (Å²) in [5.74, 6) is 2.35. The predicted octanol–water partition coefficient (Wildman–Crippen LogP) is 4.66. The molecule has 0 aromatic heterocycles. The molecule has 0 atom stereocenters. The maximum absolute atomic E-state index is 12.7. The van der Waals surface area contributed by atoms with Crippen molar-refractivity contribution in [2.24, 2.45) is 0 Å². The van der Waals surface area contributed by atoms with E-state index in [1.54, 1.807) is 6.92 Å². The normalized spacial score (nSPS) is 11.1. The van der Waals surface area contributed by atoms with Crippen LogP contribution >= 0.6 is 0 Å². The molecule has 0 bridgehead atoms. The summed E-state index contributed by atoms with van der Waals surface area (Å²) in [6, 6.07) is 11.3. The van der Waals surface area contributed by atoms with E-state index in [9.17, 15) is 13.2 Å². The van der Waals surface area contributed by atoms with E-state index >= 15 is 0 Å². The van der Waals surface area contributed by atoms with Crippen molar-refractivity contribution in [1.29, 1.82) is 0 Å². The van der Waals surface area contributed by atoms with Gasteiger partial charge in [-0.2, -0.15) is 13.2 Å². The molecule has 0 aliphatic heterocycles. The van der Waals surface area contributed by atoms with Crippen LogP contribution < -0.4 is 0 Å². The Labute approximate surface area is 109 Å². The molecule has 0 saturated heterocycles. The highest BCUT2D eigenvalue weighted by molar-refractivity contribution is 5.74. The summed E-state index contributed by atoms with van der Waals surface area (Å²) in [5, 5.41) is 0. The maximum atomic E-state index is 12.7. The monoisotopic (exact) mass is 260 g/mol. The summed E-state index contributed by atoms with van der Waals surface area (Å²) >= 11 is 0. The molecule has 0 aliphatic carbocycles. The van der Waals surface area contributed by atoms with Crippen LogP contribution in [0.15, 0.2) is 42.5 Å². The summed E-state index contributed by atoms with van der Waals surface area (Å²) in [6.45, 7) is 1.64. The van der Waals surface area contributed by atoms with Crippen molar-refractivity contribution in [2.45, 2.75) is 13.1 Å². The van der Waals surface area contributed by atoms with Gasteiger partial charge in [0.25, 0.3) is 0 Å². The lowest BCUT2D eigenvalue weighted by Gasteiger charge is -2.14. The molecule has 19 heavy (non-hydrogen) atoms. The topological polar surface area (TPSA) is 0 Å². The molecule has 0 heterocycles. The first-order chi connectivity index (χ1) is 8.93. The molecule has 0 aliphatic rings. The standard InChI is InChI=1S/C16H11F3/c1-3-12-10-14(16(17,18)19)9-11(2)15(12)13-7-5-4-6-8-13/h1,4-10H,2H3. The van der Waals surface area contributed by atoms with Gasteiger partial charge in [0, 0.05) is 11.1 Å². The molecule has 0 fully saturated rings. The van der Waals surface area contributed by atoms with Gasteiger partial charge in [-0.25, -0.2) is 0 Å². The van der Waals surface area contributed by atoms with E-state index < -0.39 is 11.7 Å². The Kier molecular flexibility index (Phi) is 3.35. The van der Waals surface area contributed by atoms with Crippen molar-refractivity contribution in [2.75, 3.05) is 0 Å². The molecule has 0 radical (unpaired) electrons. The average Bonchev–Trinajstić information content (AvgIpc) is 2.37. The molecule has 0 saturated carbocycles. The van der Waals surface area contributed by atoms with E-state index in [0.717, 1.165) is 17.7 Å². The molecular weight excluding hydrogens is 249 g/mol. The Morgan fingerprint density at radius 2 is 1.68 bits per heavy atom. The molecule has 96 valence electrons. The van der Waals surface area contributed by atoms with Gasteiger partial charge in [-0.3, -0.25) is 0 Å². The van der Waals surface area contributed by atoms with E-state index in [2.05, 4.69) is 5.92 Å². The molecule has 0 spiro atoms. The summed E-state index contributed by atoms with van der Waals surface area (Å²) in [7, 11) is 0. The van der Waals surface area contributed by atoms with Gasteiger partial charge >= 0.3 is 6.18 Å². The third kappa shape index (κ3) is 2.63. The van der Waals surface area contributed by atoms with Gasteiger partial charge in [0.1, 0.15) is 0 Å². The van der Waals surface area contributed by atoms with Crippen LogP contribution in [0.1, 0.15) is 16.7 Å². The lowest BCUT2D eigenvalue weighted by molar-refractivity contribution is -0.137. The molecule has 0 nitrogen and oxygen atoms in total. The molecule has 0 N–H and O–H groups in total. The minimum absolute atomic E-state index is 0.263. The van der Waals surface area contributed by atoms with Gasteiger partial charge in [-0.05, 0) is 30.2 Å². The molecule has 0 amide bonds. The highest BCUT2D eigenvalue weighted by atomic mass is 19.4. The second-order valence-electron chi connectivity index (χ2n) is 4.22. The van der Waals surface area contributed by atoms with E-state index in [1.165, 1.54) is 0 Å². The average molecular weight is 260 g/mol. The minimum Gasteiger partial charge on any atom is -0.166 e. The quantitative estimate of drug-likeness (QED) is 0.654. The third-order valence-electron chi connectivity index (χ3n) is 2.88. The summed E-state index contributed by atoms with van der Waals surface area (Å²) < 4.78 is 38.2. The fourth-order valence-corrected chi connectivity index (χ4v) is 2.05. The predicted molar refractivity (Wildman–Crippen MR) is 69.6 cm³/mol. The number of rotatable bonds is 1. The summed E-state index contributed by atoms with van der Waals surface area (Å²) in [6.07, 6.45) is 0.968. The Bertz CT molecular complexity index is 632. The zero-order valence-electron chi connectivity index (χ0n) is 10.3. The van der Waals surface area contributed by atoms with Crippen molar-refractivity contribution in [3.63, 3.8) is 0 Å². The lowest BCUT2D eigenvalue weighted by Crippen LogP contribution is -2.06. The van der Waals surface area contributed by atoms with E-state index in [0.29, 0.717) is 11.1 Å². The van der Waals surface area contributed by atoms with Crippen LogP contribution in [0.5, 0.6) is 0 Å². The van der Waals surface area contributed by atoms with E-state index in [4.69, 9.17) is 6.42 Å². The first kappa shape index (κ1) is 13.2. The van der Waals surface area contributed by atoms with Gasteiger partial charge in [-0.1, -0.05) is 36.3 Å². The Morgan fingerprint density at radius 1 is 1.05 bits per heavy atom. The maximum Gasteiger partial charge on any atom is 0.416 e. The molecule has 2 aromatic rings. The first-order valence-corrected chi connectivity index (χ1v) is 5.67. The van der Waals surface area contributed by atoms with Gasteiger partial charge < -0.3 is 0 Å². The van der Waals surface area contributed by atoms with E-state index in [1.807, 2.05) is 30.3 Å². The Hall–Kier alpha value is -2.21.